The standard InChI is InChI=1S/C15H11ClF3NO4.C4H8O2/c1-8(14(21)22)23-10-2-4-11(5-3-10)24-13-12(16)6-9(7-20-13)15(17,18)19;1-3-4(5)6-2/h2-8H,1H3,(H,21,22);3H2,1-2H3/t8-;/m1./s1. The van der Waals surface area contributed by atoms with Crippen molar-refractivity contribution < 1.29 is 42.1 Å². The minimum atomic E-state index is -4.55. The zero-order valence-corrected chi connectivity index (χ0v) is 17.0. The first kappa shape index (κ1) is 25.0. The van der Waals surface area contributed by atoms with Crippen molar-refractivity contribution in [2.75, 3.05) is 7.11 Å². The van der Waals surface area contributed by atoms with Crippen molar-refractivity contribution in [3.05, 3.63) is 47.1 Å². The van der Waals surface area contributed by atoms with Crippen molar-refractivity contribution in [3.8, 4) is 17.4 Å². The fourth-order valence-electron chi connectivity index (χ4n) is 1.75. The van der Waals surface area contributed by atoms with Crippen LogP contribution in [0.25, 0.3) is 0 Å². The van der Waals surface area contributed by atoms with Crippen LogP contribution in [0.5, 0.6) is 17.4 Å². The second-order valence-corrected chi connectivity index (χ2v) is 6.02. The number of hydrogen-bond acceptors (Lipinski definition) is 6. The normalized spacial score (nSPS) is 11.6. The molecular weight excluding hydrogens is 431 g/mol. The summed E-state index contributed by atoms with van der Waals surface area (Å²) in [7, 11) is 1.38. The smallest absolute Gasteiger partial charge is 0.417 e. The van der Waals surface area contributed by atoms with Gasteiger partial charge in [-0.05, 0) is 37.3 Å². The van der Waals surface area contributed by atoms with E-state index in [9.17, 15) is 22.8 Å². The zero-order valence-electron chi connectivity index (χ0n) is 16.2. The topological polar surface area (TPSA) is 95.0 Å². The van der Waals surface area contributed by atoms with E-state index in [1.807, 2.05) is 0 Å². The van der Waals surface area contributed by atoms with Crippen LogP contribution in [0.15, 0.2) is 36.5 Å². The summed E-state index contributed by atoms with van der Waals surface area (Å²) < 4.78 is 52.3. The number of halogens is 4. The summed E-state index contributed by atoms with van der Waals surface area (Å²) in [6.07, 6.45) is -4.48. The van der Waals surface area contributed by atoms with Crippen LogP contribution in [-0.2, 0) is 20.5 Å². The molecule has 0 spiro atoms. The molecule has 0 aliphatic rings. The van der Waals surface area contributed by atoms with Crippen molar-refractivity contribution in [1.82, 2.24) is 4.98 Å². The van der Waals surface area contributed by atoms with Gasteiger partial charge in [0.2, 0.25) is 5.88 Å². The molecule has 1 aromatic heterocycles. The Morgan fingerprint density at radius 2 is 1.77 bits per heavy atom. The van der Waals surface area contributed by atoms with E-state index in [1.165, 1.54) is 38.3 Å². The van der Waals surface area contributed by atoms with Crippen LogP contribution in [0.2, 0.25) is 5.02 Å². The molecule has 0 unspecified atom stereocenters. The Kier molecular flexibility index (Phi) is 9.38. The van der Waals surface area contributed by atoms with Gasteiger partial charge in [-0.2, -0.15) is 13.2 Å². The second kappa shape index (κ2) is 11.2. The first-order valence-electron chi connectivity index (χ1n) is 8.44. The van der Waals surface area contributed by atoms with E-state index >= 15 is 0 Å². The molecule has 0 saturated carbocycles. The van der Waals surface area contributed by atoms with Gasteiger partial charge in [-0.15, -0.1) is 0 Å². The molecular formula is C19H19ClF3NO6. The molecule has 0 bridgehead atoms. The summed E-state index contributed by atoms with van der Waals surface area (Å²) in [6.45, 7) is 3.13. The molecule has 1 atom stereocenters. The molecule has 0 fully saturated rings. The van der Waals surface area contributed by atoms with Gasteiger partial charge < -0.3 is 19.3 Å². The third-order valence-corrected chi connectivity index (χ3v) is 3.62. The van der Waals surface area contributed by atoms with E-state index in [1.54, 1.807) is 6.92 Å². The highest BCUT2D eigenvalue weighted by molar-refractivity contribution is 6.31. The first-order valence-corrected chi connectivity index (χ1v) is 8.82. The highest BCUT2D eigenvalue weighted by atomic mass is 35.5. The monoisotopic (exact) mass is 449 g/mol. The molecule has 2 aromatic rings. The predicted octanol–water partition coefficient (Wildman–Crippen LogP) is 4.97. The quantitative estimate of drug-likeness (QED) is 0.622. The fourth-order valence-corrected chi connectivity index (χ4v) is 1.96. The Balaban J connectivity index is 0.000000656. The molecule has 1 aromatic carbocycles. The third-order valence-electron chi connectivity index (χ3n) is 3.35. The number of methoxy groups -OCH3 is 1. The van der Waals surface area contributed by atoms with Gasteiger partial charge in [0.05, 0.1) is 12.7 Å². The van der Waals surface area contributed by atoms with E-state index in [2.05, 4.69) is 9.72 Å². The number of carboxylic acid groups (broad SMARTS) is 1. The van der Waals surface area contributed by atoms with Crippen molar-refractivity contribution in [2.45, 2.75) is 32.5 Å². The van der Waals surface area contributed by atoms with E-state index in [0.29, 0.717) is 18.4 Å². The van der Waals surface area contributed by atoms with Gasteiger partial charge in [0.1, 0.15) is 16.5 Å². The number of benzene rings is 1. The largest absolute Gasteiger partial charge is 0.479 e. The molecule has 1 N–H and O–H groups in total. The first-order chi connectivity index (χ1) is 14.0. The summed E-state index contributed by atoms with van der Waals surface area (Å²) >= 11 is 5.74. The number of carbonyl (C=O) groups is 2. The molecule has 0 aliphatic carbocycles. The number of aliphatic carboxylic acids is 1. The average molecular weight is 450 g/mol. The minimum Gasteiger partial charge on any atom is -0.479 e. The highest BCUT2D eigenvalue weighted by Gasteiger charge is 2.31. The lowest BCUT2D eigenvalue weighted by molar-refractivity contribution is -0.144. The summed E-state index contributed by atoms with van der Waals surface area (Å²) in [5.74, 6) is -0.911. The van der Waals surface area contributed by atoms with Gasteiger partial charge in [0, 0.05) is 12.6 Å². The van der Waals surface area contributed by atoms with Gasteiger partial charge in [0.15, 0.2) is 6.10 Å². The SMILES string of the molecule is CCC(=O)OC.C[C@@H](Oc1ccc(Oc2ncc(C(F)(F)F)cc2Cl)cc1)C(=O)O. The lowest BCUT2D eigenvalue weighted by Crippen LogP contribution is -2.22. The van der Waals surface area contributed by atoms with Crippen LogP contribution in [0, 0.1) is 0 Å². The number of ether oxygens (including phenoxy) is 3. The van der Waals surface area contributed by atoms with E-state index in [0.717, 1.165) is 6.07 Å². The van der Waals surface area contributed by atoms with Crippen molar-refractivity contribution in [2.24, 2.45) is 0 Å². The van der Waals surface area contributed by atoms with Crippen LogP contribution in [-0.4, -0.2) is 35.2 Å². The van der Waals surface area contributed by atoms with E-state index in [4.69, 9.17) is 26.2 Å². The van der Waals surface area contributed by atoms with Crippen LogP contribution >= 0.6 is 11.6 Å². The maximum Gasteiger partial charge on any atom is 0.417 e. The van der Waals surface area contributed by atoms with Gasteiger partial charge >= 0.3 is 18.1 Å². The summed E-state index contributed by atoms with van der Waals surface area (Å²) in [4.78, 5) is 24.2. The molecule has 0 amide bonds. The maximum atomic E-state index is 12.5. The van der Waals surface area contributed by atoms with E-state index < -0.39 is 23.8 Å². The molecule has 164 valence electrons. The molecule has 7 nitrogen and oxygen atoms in total. The molecule has 0 radical (unpaired) electrons. The van der Waals surface area contributed by atoms with Gasteiger partial charge in [0.25, 0.3) is 0 Å². The second-order valence-electron chi connectivity index (χ2n) is 5.61. The minimum absolute atomic E-state index is 0.157. The number of alkyl halides is 3. The highest BCUT2D eigenvalue weighted by Crippen LogP contribution is 2.34. The number of aromatic nitrogens is 1. The van der Waals surface area contributed by atoms with Crippen LogP contribution in [0.1, 0.15) is 25.8 Å². The maximum absolute atomic E-state index is 12.5. The fraction of sp³-hybridized carbons (Fsp3) is 0.316. The Morgan fingerprint density at radius 3 is 2.17 bits per heavy atom. The van der Waals surface area contributed by atoms with Crippen LogP contribution in [0.4, 0.5) is 13.2 Å². The van der Waals surface area contributed by atoms with Crippen LogP contribution < -0.4 is 9.47 Å². The Morgan fingerprint density at radius 1 is 1.20 bits per heavy atom. The Hall–Kier alpha value is -3.01. The number of rotatable bonds is 6. The third kappa shape index (κ3) is 8.16. The van der Waals surface area contributed by atoms with E-state index in [-0.39, 0.29) is 22.6 Å². The summed E-state index contributed by atoms with van der Waals surface area (Å²) in [6, 6.07) is 6.51. The van der Waals surface area contributed by atoms with Gasteiger partial charge in [-0.3, -0.25) is 4.79 Å². The molecule has 0 saturated heterocycles. The Labute approximate surface area is 175 Å². The number of carboxylic acids is 1. The van der Waals surface area contributed by atoms with Crippen molar-refractivity contribution >= 4 is 23.5 Å². The van der Waals surface area contributed by atoms with Crippen molar-refractivity contribution in [1.29, 1.82) is 0 Å². The van der Waals surface area contributed by atoms with Gasteiger partial charge in [-0.1, -0.05) is 18.5 Å². The van der Waals surface area contributed by atoms with Crippen LogP contribution in [0.3, 0.4) is 0 Å². The number of carbonyl (C=O) groups excluding carboxylic acids is 1. The molecule has 1 heterocycles. The summed E-state index contributed by atoms with van der Waals surface area (Å²) in [5, 5.41) is 8.46. The molecule has 11 heteroatoms. The number of pyridine rings is 1. The van der Waals surface area contributed by atoms with Gasteiger partial charge in [-0.25, -0.2) is 9.78 Å². The summed E-state index contributed by atoms with van der Waals surface area (Å²) in [5.41, 5.74) is -0.980. The van der Waals surface area contributed by atoms with Crippen molar-refractivity contribution in [3.63, 3.8) is 0 Å². The molecule has 0 aliphatic heterocycles. The molecule has 30 heavy (non-hydrogen) atoms. The molecule has 2 rings (SSSR count). The predicted molar refractivity (Wildman–Crippen MR) is 101 cm³/mol. The zero-order chi connectivity index (χ0) is 22.9. The lowest BCUT2D eigenvalue weighted by Gasteiger charge is -2.12. The lowest BCUT2D eigenvalue weighted by atomic mass is 10.3. The number of nitrogens with zero attached hydrogens (tertiary/aromatic N) is 1. The Bertz CT molecular complexity index is 852. The number of hydrogen-bond donors (Lipinski definition) is 1. The number of esters is 1. The average Bonchev–Trinajstić information content (AvgIpc) is 2.69.